The third-order valence-corrected chi connectivity index (χ3v) is 3.30. The van der Waals surface area contributed by atoms with Gasteiger partial charge in [0.25, 0.3) is 0 Å². The maximum Gasteiger partial charge on any atom is 0.341 e. The molecule has 20 heavy (non-hydrogen) atoms. The van der Waals surface area contributed by atoms with Gasteiger partial charge in [-0.25, -0.2) is 19.7 Å². The van der Waals surface area contributed by atoms with Gasteiger partial charge < -0.3 is 9.30 Å². The summed E-state index contributed by atoms with van der Waals surface area (Å²) in [4.78, 5) is 25.0. The highest BCUT2D eigenvalue weighted by molar-refractivity contribution is 5.90. The van der Waals surface area contributed by atoms with Crippen LogP contribution in [0.25, 0.3) is 11.6 Å². The molecular formula is C14H16N4O2. The lowest BCUT2D eigenvalue weighted by molar-refractivity contribution is 0.0524. The van der Waals surface area contributed by atoms with E-state index in [4.69, 9.17) is 4.74 Å². The number of carbonyl (C=O) groups excluding carboxylic acids is 1. The summed E-state index contributed by atoms with van der Waals surface area (Å²) >= 11 is 0. The highest BCUT2D eigenvalue weighted by Gasteiger charge is 2.31. The molecule has 1 saturated carbocycles. The van der Waals surface area contributed by atoms with Crippen LogP contribution in [-0.2, 0) is 11.8 Å². The number of carbonyl (C=O) groups is 1. The number of hydrogen-bond acceptors (Lipinski definition) is 5. The molecule has 104 valence electrons. The second-order valence-electron chi connectivity index (χ2n) is 4.85. The number of nitrogens with zero attached hydrogens (tertiary/aromatic N) is 4. The molecular weight excluding hydrogens is 256 g/mol. The summed E-state index contributed by atoms with van der Waals surface area (Å²) in [7, 11) is 1.89. The van der Waals surface area contributed by atoms with E-state index < -0.39 is 0 Å². The molecule has 0 aliphatic heterocycles. The molecule has 3 rings (SSSR count). The normalized spacial score (nSPS) is 14.3. The number of aryl methyl sites for hydroxylation is 1. The van der Waals surface area contributed by atoms with Crippen LogP contribution in [0.2, 0.25) is 0 Å². The maximum absolute atomic E-state index is 11.9. The molecule has 6 heteroatoms. The van der Waals surface area contributed by atoms with Crippen LogP contribution in [0.4, 0.5) is 0 Å². The molecule has 0 aromatic carbocycles. The molecule has 0 spiro atoms. The van der Waals surface area contributed by atoms with Crippen LogP contribution < -0.4 is 0 Å². The van der Waals surface area contributed by atoms with Gasteiger partial charge in [-0.3, -0.25) is 0 Å². The Morgan fingerprint density at radius 1 is 1.45 bits per heavy atom. The first-order chi connectivity index (χ1) is 9.70. The SMILES string of the molecule is CCOC(=O)c1cnc(-c2nccn2C)nc1C1CC1. The Bertz CT molecular complexity index is 646. The summed E-state index contributed by atoms with van der Waals surface area (Å²) in [5, 5.41) is 0. The summed E-state index contributed by atoms with van der Waals surface area (Å²) in [5.74, 6) is 1.24. The number of esters is 1. The van der Waals surface area contributed by atoms with E-state index in [-0.39, 0.29) is 5.97 Å². The molecule has 0 radical (unpaired) electrons. The first-order valence-electron chi connectivity index (χ1n) is 6.72. The van der Waals surface area contributed by atoms with Gasteiger partial charge >= 0.3 is 5.97 Å². The Labute approximate surface area is 116 Å². The Kier molecular flexibility index (Phi) is 3.22. The molecule has 1 fully saturated rings. The Morgan fingerprint density at radius 2 is 2.25 bits per heavy atom. The summed E-state index contributed by atoms with van der Waals surface area (Å²) in [6, 6.07) is 0. The van der Waals surface area contributed by atoms with E-state index >= 15 is 0 Å². The fraction of sp³-hybridized carbons (Fsp3) is 0.429. The van der Waals surface area contributed by atoms with Crippen LogP contribution in [-0.4, -0.2) is 32.1 Å². The van der Waals surface area contributed by atoms with Crippen LogP contribution in [0.5, 0.6) is 0 Å². The number of rotatable bonds is 4. The van der Waals surface area contributed by atoms with Crippen molar-refractivity contribution in [3.05, 3.63) is 29.8 Å². The van der Waals surface area contributed by atoms with Crippen molar-refractivity contribution >= 4 is 5.97 Å². The van der Waals surface area contributed by atoms with Crippen LogP contribution in [0.1, 0.15) is 41.7 Å². The molecule has 0 bridgehead atoms. The zero-order valence-corrected chi connectivity index (χ0v) is 11.5. The van der Waals surface area contributed by atoms with Gasteiger partial charge in [-0.2, -0.15) is 0 Å². The van der Waals surface area contributed by atoms with Crippen molar-refractivity contribution in [3.8, 4) is 11.6 Å². The highest BCUT2D eigenvalue weighted by atomic mass is 16.5. The van der Waals surface area contributed by atoms with Crippen molar-refractivity contribution in [2.24, 2.45) is 7.05 Å². The lowest BCUT2D eigenvalue weighted by Crippen LogP contribution is -2.11. The predicted molar refractivity (Wildman–Crippen MR) is 72.2 cm³/mol. The summed E-state index contributed by atoms with van der Waals surface area (Å²) < 4.78 is 6.92. The summed E-state index contributed by atoms with van der Waals surface area (Å²) in [6.45, 7) is 2.14. The van der Waals surface area contributed by atoms with Crippen LogP contribution >= 0.6 is 0 Å². The van der Waals surface area contributed by atoms with Gasteiger partial charge in [0.15, 0.2) is 11.6 Å². The first-order valence-corrected chi connectivity index (χ1v) is 6.72. The molecule has 0 N–H and O–H groups in total. The highest BCUT2D eigenvalue weighted by Crippen LogP contribution is 2.41. The predicted octanol–water partition coefficient (Wildman–Crippen LogP) is 1.93. The van der Waals surface area contributed by atoms with E-state index in [2.05, 4.69) is 15.0 Å². The third-order valence-electron chi connectivity index (χ3n) is 3.30. The maximum atomic E-state index is 11.9. The molecule has 2 aromatic rings. The van der Waals surface area contributed by atoms with E-state index in [1.54, 1.807) is 19.3 Å². The van der Waals surface area contributed by atoms with Gasteiger partial charge in [-0.15, -0.1) is 0 Å². The minimum Gasteiger partial charge on any atom is -0.462 e. The van der Waals surface area contributed by atoms with E-state index in [0.717, 1.165) is 18.5 Å². The quantitative estimate of drug-likeness (QED) is 0.795. The van der Waals surface area contributed by atoms with Crippen molar-refractivity contribution in [2.75, 3.05) is 6.61 Å². The zero-order chi connectivity index (χ0) is 14.1. The van der Waals surface area contributed by atoms with Crippen molar-refractivity contribution in [1.29, 1.82) is 0 Å². The smallest absolute Gasteiger partial charge is 0.341 e. The van der Waals surface area contributed by atoms with E-state index in [0.29, 0.717) is 29.7 Å². The fourth-order valence-corrected chi connectivity index (χ4v) is 2.12. The van der Waals surface area contributed by atoms with Gasteiger partial charge in [-0.05, 0) is 19.8 Å². The van der Waals surface area contributed by atoms with Crippen molar-refractivity contribution in [3.63, 3.8) is 0 Å². The van der Waals surface area contributed by atoms with Gasteiger partial charge in [0.05, 0.1) is 17.9 Å². The van der Waals surface area contributed by atoms with Gasteiger partial charge in [0, 0.05) is 31.6 Å². The first kappa shape index (κ1) is 12.8. The monoisotopic (exact) mass is 272 g/mol. The number of imidazole rings is 1. The van der Waals surface area contributed by atoms with Crippen molar-refractivity contribution in [2.45, 2.75) is 25.7 Å². The lowest BCUT2D eigenvalue weighted by Gasteiger charge is -2.08. The molecule has 2 heterocycles. The van der Waals surface area contributed by atoms with Gasteiger partial charge in [0.1, 0.15) is 0 Å². The zero-order valence-electron chi connectivity index (χ0n) is 11.5. The average Bonchev–Trinajstić information content (AvgIpc) is 3.20. The van der Waals surface area contributed by atoms with Crippen molar-refractivity contribution in [1.82, 2.24) is 19.5 Å². The van der Waals surface area contributed by atoms with Gasteiger partial charge in [0.2, 0.25) is 0 Å². The summed E-state index contributed by atoms with van der Waals surface area (Å²) in [6.07, 6.45) is 7.22. The molecule has 0 atom stereocenters. The average molecular weight is 272 g/mol. The number of aromatic nitrogens is 4. The second kappa shape index (κ2) is 5.03. The molecule has 0 unspecified atom stereocenters. The lowest BCUT2D eigenvalue weighted by atomic mass is 10.1. The Balaban J connectivity index is 2.02. The fourth-order valence-electron chi connectivity index (χ4n) is 2.12. The number of ether oxygens (including phenoxy) is 1. The topological polar surface area (TPSA) is 69.9 Å². The molecule has 2 aromatic heterocycles. The molecule has 0 amide bonds. The Morgan fingerprint density at radius 3 is 2.85 bits per heavy atom. The molecule has 6 nitrogen and oxygen atoms in total. The van der Waals surface area contributed by atoms with Crippen molar-refractivity contribution < 1.29 is 9.53 Å². The van der Waals surface area contributed by atoms with E-state index in [1.807, 2.05) is 17.8 Å². The third kappa shape index (κ3) is 2.29. The van der Waals surface area contributed by atoms with E-state index in [9.17, 15) is 4.79 Å². The van der Waals surface area contributed by atoms with Gasteiger partial charge in [-0.1, -0.05) is 0 Å². The molecule has 1 aliphatic rings. The summed E-state index contributed by atoms with van der Waals surface area (Å²) in [5.41, 5.74) is 1.27. The van der Waals surface area contributed by atoms with E-state index in [1.165, 1.54) is 0 Å². The minimum atomic E-state index is -0.346. The van der Waals surface area contributed by atoms with Crippen LogP contribution in [0.15, 0.2) is 18.6 Å². The standard InChI is InChI=1S/C14H16N4O2/c1-3-20-14(19)10-8-16-12(13-15-6-7-18(13)2)17-11(10)9-4-5-9/h6-9H,3-5H2,1-2H3. The largest absolute Gasteiger partial charge is 0.462 e. The Hall–Kier alpha value is -2.24. The number of hydrogen-bond donors (Lipinski definition) is 0. The molecule has 0 saturated heterocycles. The molecule has 1 aliphatic carbocycles. The minimum absolute atomic E-state index is 0.344. The second-order valence-corrected chi connectivity index (χ2v) is 4.85. The van der Waals surface area contributed by atoms with Crippen LogP contribution in [0, 0.1) is 0 Å². The van der Waals surface area contributed by atoms with Crippen LogP contribution in [0.3, 0.4) is 0 Å².